The summed E-state index contributed by atoms with van der Waals surface area (Å²) in [5.74, 6) is 1.44. The Morgan fingerprint density at radius 1 is 1.04 bits per heavy atom. The molecule has 1 N–H and O–H groups in total. The van der Waals surface area contributed by atoms with E-state index in [0.717, 1.165) is 29.9 Å². The van der Waals surface area contributed by atoms with Crippen LogP contribution in [0.2, 0.25) is 0 Å². The van der Waals surface area contributed by atoms with Gasteiger partial charge in [-0.1, -0.05) is 49.2 Å². The van der Waals surface area contributed by atoms with Gasteiger partial charge in [-0.15, -0.1) is 0 Å². The maximum absolute atomic E-state index is 12.7. The summed E-state index contributed by atoms with van der Waals surface area (Å²) in [6.45, 7) is 2.49. The average molecular weight is 380 g/mol. The Hall–Kier alpha value is -2.75. The fourth-order valence-electron chi connectivity index (χ4n) is 4.04. The van der Waals surface area contributed by atoms with Crippen molar-refractivity contribution in [2.75, 3.05) is 20.8 Å². The highest BCUT2D eigenvalue weighted by Gasteiger charge is 2.36. The number of hydrogen-bond donors (Lipinski definition) is 1. The van der Waals surface area contributed by atoms with Crippen molar-refractivity contribution in [1.82, 2.24) is 5.32 Å². The molecule has 2 aromatic rings. The van der Waals surface area contributed by atoms with E-state index < -0.39 is 0 Å². The predicted octanol–water partition coefficient (Wildman–Crippen LogP) is 4.74. The Morgan fingerprint density at radius 3 is 2.36 bits per heavy atom. The summed E-state index contributed by atoms with van der Waals surface area (Å²) < 4.78 is 10.9. The second kappa shape index (κ2) is 8.96. The monoisotopic (exact) mass is 379 g/mol. The summed E-state index contributed by atoms with van der Waals surface area (Å²) in [6, 6.07) is 16.0. The summed E-state index contributed by atoms with van der Waals surface area (Å²) in [7, 11) is 3.30. The number of nitrogens with one attached hydrogen (secondary N) is 1. The van der Waals surface area contributed by atoms with Crippen molar-refractivity contribution in [2.45, 2.75) is 38.0 Å². The van der Waals surface area contributed by atoms with Crippen LogP contribution >= 0.6 is 0 Å². The third-order valence-electron chi connectivity index (χ3n) is 5.68. The van der Waals surface area contributed by atoms with Crippen molar-refractivity contribution < 1.29 is 14.3 Å². The van der Waals surface area contributed by atoms with Gasteiger partial charge in [0.15, 0.2) is 11.5 Å². The van der Waals surface area contributed by atoms with Gasteiger partial charge in [0.25, 0.3) is 0 Å². The van der Waals surface area contributed by atoms with Gasteiger partial charge in [0.2, 0.25) is 5.91 Å². The van der Waals surface area contributed by atoms with E-state index >= 15 is 0 Å². The van der Waals surface area contributed by atoms with E-state index in [4.69, 9.17) is 9.47 Å². The maximum atomic E-state index is 12.7. The van der Waals surface area contributed by atoms with E-state index in [1.165, 1.54) is 18.4 Å². The van der Waals surface area contributed by atoms with Gasteiger partial charge in [-0.05, 0) is 49.1 Å². The molecule has 4 nitrogen and oxygen atoms in total. The topological polar surface area (TPSA) is 47.6 Å². The van der Waals surface area contributed by atoms with Gasteiger partial charge in [0, 0.05) is 17.5 Å². The average Bonchev–Trinajstić information content (AvgIpc) is 3.22. The lowest BCUT2D eigenvalue weighted by molar-refractivity contribution is -0.117. The van der Waals surface area contributed by atoms with Gasteiger partial charge in [-0.2, -0.15) is 0 Å². The second-order valence-corrected chi connectivity index (χ2v) is 7.48. The van der Waals surface area contributed by atoms with Gasteiger partial charge in [0.05, 0.1) is 14.2 Å². The SMILES string of the molecule is COc1ccc(C2(CNC(=O)C(C)=Cc3ccccc3)CCCC2)cc1OC. The summed E-state index contributed by atoms with van der Waals surface area (Å²) >= 11 is 0. The van der Waals surface area contributed by atoms with Crippen molar-refractivity contribution in [3.05, 3.63) is 65.2 Å². The van der Waals surface area contributed by atoms with E-state index in [0.29, 0.717) is 12.1 Å². The van der Waals surface area contributed by atoms with Crippen LogP contribution in [0.25, 0.3) is 6.08 Å². The molecule has 1 fully saturated rings. The fraction of sp³-hybridized carbons (Fsp3) is 0.375. The number of carbonyl (C=O) groups is 1. The molecule has 1 amide bonds. The van der Waals surface area contributed by atoms with Crippen molar-refractivity contribution >= 4 is 12.0 Å². The van der Waals surface area contributed by atoms with Gasteiger partial charge in [0.1, 0.15) is 0 Å². The number of methoxy groups -OCH3 is 2. The fourth-order valence-corrected chi connectivity index (χ4v) is 4.04. The lowest BCUT2D eigenvalue weighted by atomic mass is 9.78. The number of rotatable bonds is 7. The summed E-state index contributed by atoms with van der Waals surface area (Å²) in [5, 5.41) is 3.17. The Morgan fingerprint density at radius 2 is 1.71 bits per heavy atom. The van der Waals surface area contributed by atoms with Crippen LogP contribution in [0.4, 0.5) is 0 Å². The van der Waals surface area contributed by atoms with Gasteiger partial charge in [-0.25, -0.2) is 0 Å². The largest absolute Gasteiger partial charge is 0.493 e. The highest BCUT2D eigenvalue weighted by atomic mass is 16.5. The molecule has 4 heteroatoms. The normalized spacial score (nSPS) is 15.9. The van der Waals surface area contributed by atoms with E-state index in [-0.39, 0.29) is 11.3 Å². The van der Waals surface area contributed by atoms with Crippen LogP contribution in [0.3, 0.4) is 0 Å². The summed E-state index contributed by atoms with van der Waals surface area (Å²) in [6.07, 6.45) is 6.38. The second-order valence-electron chi connectivity index (χ2n) is 7.48. The number of hydrogen-bond acceptors (Lipinski definition) is 3. The quantitative estimate of drug-likeness (QED) is 0.707. The third kappa shape index (κ3) is 4.38. The summed E-state index contributed by atoms with van der Waals surface area (Å²) in [5.41, 5.74) is 2.90. The van der Waals surface area contributed by atoms with Gasteiger partial charge < -0.3 is 14.8 Å². The number of amides is 1. The number of benzene rings is 2. The molecule has 1 saturated carbocycles. The molecule has 1 aliphatic rings. The van der Waals surface area contributed by atoms with E-state index in [2.05, 4.69) is 17.4 Å². The number of ether oxygens (including phenoxy) is 2. The minimum absolute atomic E-state index is 0.0180. The first-order chi connectivity index (χ1) is 13.6. The highest BCUT2D eigenvalue weighted by Crippen LogP contribution is 2.43. The Labute approximate surface area is 167 Å². The predicted molar refractivity (Wildman–Crippen MR) is 113 cm³/mol. The third-order valence-corrected chi connectivity index (χ3v) is 5.68. The van der Waals surface area contributed by atoms with Crippen LogP contribution in [0.15, 0.2) is 54.1 Å². The standard InChI is InChI=1S/C24H29NO3/c1-18(15-19-9-5-4-6-10-19)23(26)25-17-24(13-7-8-14-24)20-11-12-21(27-2)22(16-20)28-3/h4-6,9-12,15-16H,7-8,13-14,17H2,1-3H3,(H,25,26). The Bertz CT molecular complexity index is 836. The molecule has 1 aliphatic carbocycles. The molecule has 0 aromatic heterocycles. The molecule has 0 unspecified atom stereocenters. The zero-order chi connectivity index (χ0) is 20.0. The number of carbonyl (C=O) groups excluding carboxylic acids is 1. The van der Waals surface area contributed by atoms with Gasteiger partial charge >= 0.3 is 0 Å². The minimum Gasteiger partial charge on any atom is -0.493 e. The van der Waals surface area contributed by atoms with Crippen molar-refractivity contribution in [3.63, 3.8) is 0 Å². The smallest absolute Gasteiger partial charge is 0.246 e. The van der Waals surface area contributed by atoms with E-state index in [9.17, 15) is 4.79 Å². The first kappa shape index (κ1) is 20.0. The molecule has 0 spiro atoms. The molecule has 0 aliphatic heterocycles. The molecule has 148 valence electrons. The zero-order valence-corrected chi connectivity index (χ0v) is 17.0. The molecule has 0 radical (unpaired) electrons. The van der Waals surface area contributed by atoms with E-state index in [1.807, 2.05) is 49.4 Å². The van der Waals surface area contributed by atoms with Crippen LogP contribution < -0.4 is 14.8 Å². The molecule has 0 heterocycles. The Kier molecular flexibility index (Phi) is 6.40. The first-order valence-corrected chi connectivity index (χ1v) is 9.82. The first-order valence-electron chi connectivity index (χ1n) is 9.82. The van der Waals surface area contributed by atoms with Crippen LogP contribution in [-0.2, 0) is 10.2 Å². The Balaban J connectivity index is 1.76. The van der Waals surface area contributed by atoms with E-state index in [1.54, 1.807) is 14.2 Å². The molecular formula is C24H29NO3. The van der Waals surface area contributed by atoms with Crippen molar-refractivity contribution in [2.24, 2.45) is 0 Å². The maximum Gasteiger partial charge on any atom is 0.246 e. The summed E-state index contributed by atoms with van der Waals surface area (Å²) in [4.78, 5) is 12.7. The van der Waals surface area contributed by atoms with Crippen LogP contribution in [0.5, 0.6) is 11.5 Å². The molecule has 28 heavy (non-hydrogen) atoms. The van der Waals surface area contributed by atoms with Crippen molar-refractivity contribution in [1.29, 1.82) is 0 Å². The van der Waals surface area contributed by atoms with Crippen LogP contribution in [0, 0.1) is 0 Å². The lowest BCUT2D eigenvalue weighted by Crippen LogP contribution is -2.39. The molecular weight excluding hydrogens is 350 g/mol. The van der Waals surface area contributed by atoms with Gasteiger partial charge in [-0.3, -0.25) is 4.79 Å². The van der Waals surface area contributed by atoms with Crippen molar-refractivity contribution in [3.8, 4) is 11.5 Å². The molecule has 0 bridgehead atoms. The highest BCUT2D eigenvalue weighted by molar-refractivity contribution is 5.97. The molecule has 0 saturated heterocycles. The minimum atomic E-state index is -0.0533. The van der Waals surface area contributed by atoms with Crippen LogP contribution in [-0.4, -0.2) is 26.7 Å². The molecule has 3 rings (SSSR count). The lowest BCUT2D eigenvalue weighted by Gasteiger charge is -2.30. The van der Waals surface area contributed by atoms with Crippen LogP contribution in [0.1, 0.15) is 43.7 Å². The molecule has 2 aromatic carbocycles. The molecule has 0 atom stereocenters. The zero-order valence-electron chi connectivity index (χ0n) is 17.0.